The first-order chi connectivity index (χ1) is 4.70. The highest BCUT2D eigenvalue weighted by atomic mass is 32.1. The van der Waals surface area contributed by atoms with Gasteiger partial charge in [-0.3, -0.25) is 4.79 Å². The SMILES string of the molecule is CN1CCN(C(=O)S)CC1. The minimum Gasteiger partial charge on any atom is -0.331 e. The molecule has 10 heavy (non-hydrogen) atoms. The molecular weight excluding hydrogens is 148 g/mol. The van der Waals surface area contributed by atoms with Crippen LogP contribution in [0.2, 0.25) is 0 Å². The van der Waals surface area contributed by atoms with Crippen molar-refractivity contribution in [2.45, 2.75) is 0 Å². The lowest BCUT2D eigenvalue weighted by molar-refractivity contribution is 0.173. The molecule has 4 heteroatoms. The molecule has 1 saturated heterocycles. The zero-order valence-corrected chi connectivity index (χ0v) is 6.97. The normalized spacial score (nSPS) is 21.2. The van der Waals surface area contributed by atoms with E-state index in [2.05, 4.69) is 24.6 Å². The molecule has 0 aromatic carbocycles. The number of piperazine rings is 1. The fraction of sp³-hybridized carbons (Fsp3) is 0.833. The Morgan fingerprint density at radius 3 is 2.20 bits per heavy atom. The number of hydrogen-bond acceptors (Lipinski definition) is 2. The third kappa shape index (κ3) is 1.88. The molecule has 58 valence electrons. The van der Waals surface area contributed by atoms with Crippen molar-refractivity contribution in [3.63, 3.8) is 0 Å². The van der Waals surface area contributed by atoms with Gasteiger partial charge >= 0.3 is 0 Å². The predicted molar refractivity (Wildman–Crippen MR) is 43.5 cm³/mol. The van der Waals surface area contributed by atoms with Crippen LogP contribution in [0.5, 0.6) is 0 Å². The van der Waals surface area contributed by atoms with Crippen molar-refractivity contribution < 1.29 is 4.79 Å². The van der Waals surface area contributed by atoms with E-state index in [0.29, 0.717) is 0 Å². The van der Waals surface area contributed by atoms with E-state index >= 15 is 0 Å². The van der Waals surface area contributed by atoms with Crippen molar-refractivity contribution in [3.05, 3.63) is 0 Å². The largest absolute Gasteiger partial charge is 0.331 e. The Balaban J connectivity index is 2.33. The Morgan fingerprint density at radius 2 is 1.80 bits per heavy atom. The molecule has 3 nitrogen and oxygen atoms in total. The van der Waals surface area contributed by atoms with Crippen LogP contribution in [0.15, 0.2) is 0 Å². The summed E-state index contributed by atoms with van der Waals surface area (Å²) in [6.45, 7) is 3.57. The van der Waals surface area contributed by atoms with Crippen molar-refractivity contribution in [2.75, 3.05) is 33.2 Å². The molecule has 0 aliphatic carbocycles. The molecular formula is C6H12N2OS. The maximum Gasteiger partial charge on any atom is 0.278 e. The van der Waals surface area contributed by atoms with Crippen molar-refractivity contribution >= 4 is 17.9 Å². The molecule has 0 atom stereocenters. The molecule has 0 saturated carbocycles. The summed E-state index contributed by atoms with van der Waals surface area (Å²) in [6.07, 6.45) is 0. The number of nitrogens with zero attached hydrogens (tertiary/aromatic N) is 2. The molecule has 0 aromatic heterocycles. The molecule has 1 aliphatic heterocycles. The molecule has 0 aromatic rings. The van der Waals surface area contributed by atoms with Crippen LogP contribution in [0.1, 0.15) is 0 Å². The lowest BCUT2D eigenvalue weighted by Crippen LogP contribution is -2.45. The van der Waals surface area contributed by atoms with Gasteiger partial charge in [0.2, 0.25) is 0 Å². The molecule has 1 heterocycles. The second-order valence-electron chi connectivity index (χ2n) is 2.57. The van der Waals surface area contributed by atoms with Gasteiger partial charge in [0.15, 0.2) is 0 Å². The summed E-state index contributed by atoms with van der Waals surface area (Å²) in [7, 11) is 2.06. The van der Waals surface area contributed by atoms with Crippen LogP contribution in [0, 0.1) is 0 Å². The van der Waals surface area contributed by atoms with Crippen molar-refractivity contribution in [1.29, 1.82) is 0 Å². The first-order valence-corrected chi connectivity index (χ1v) is 3.81. The van der Waals surface area contributed by atoms with Crippen LogP contribution in [0.3, 0.4) is 0 Å². The van der Waals surface area contributed by atoms with E-state index in [4.69, 9.17) is 0 Å². The van der Waals surface area contributed by atoms with Crippen molar-refractivity contribution in [1.82, 2.24) is 9.80 Å². The number of amides is 1. The summed E-state index contributed by atoms with van der Waals surface area (Å²) in [4.78, 5) is 14.6. The summed E-state index contributed by atoms with van der Waals surface area (Å²) < 4.78 is 0. The summed E-state index contributed by atoms with van der Waals surface area (Å²) >= 11 is 3.74. The zero-order valence-electron chi connectivity index (χ0n) is 6.08. The van der Waals surface area contributed by atoms with Gasteiger partial charge in [0.1, 0.15) is 0 Å². The highest BCUT2D eigenvalue weighted by Crippen LogP contribution is 2.01. The molecule has 0 spiro atoms. The fourth-order valence-electron chi connectivity index (χ4n) is 0.998. The van der Waals surface area contributed by atoms with Crippen LogP contribution in [0.25, 0.3) is 0 Å². The third-order valence-electron chi connectivity index (χ3n) is 1.77. The van der Waals surface area contributed by atoms with Gasteiger partial charge in [0, 0.05) is 26.2 Å². The van der Waals surface area contributed by atoms with E-state index in [9.17, 15) is 4.79 Å². The number of likely N-dealkylation sites (N-methyl/N-ethyl adjacent to an activating group) is 1. The van der Waals surface area contributed by atoms with Gasteiger partial charge in [-0.2, -0.15) is 0 Å². The topological polar surface area (TPSA) is 23.6 Å². The summed E-state index contributed by atoms with van der Waals surface area (Å²) in [5.41, 5.74) is 0. The quantitative estimate of drug-likeness (QED) is 0.515. The molecule has 0 unspecified atom stereocenters. The third-order valence-corrected chi connectivity index (χ3v) is 2.06. The zero-order chi connectivity index (χ0) is 7.56. The second-order valence-corrected chi connectivity index (χ2v) is 2.96. The number of hydrogen-bond donors (Lipinski definition) is 1. The van der Waals surface area contributed by atoms with E-state index in [-0.39, 0.29) is 5.24 Å². The molecule has 1 aliphatic rings. The smallest absolute Gasteiger partial charge is 0.278 e. The fourth-order valence-corrected chi connectivity index (χ4v) is 1.20. The van der Waals surface area contributed by atoms with E-state index in [0.717, 1.165) is 26.2 Å². The van der Waals surface area contributed by atoms with E-state index < -0.39 is 0 Å². The molecule has 1 rings (SSSR count). The lowest BCUT2D eigenvalue weighted by Gasteiger charge is -2.30. The number of rotatable bonds is 0. The minimum atomic E-state index is -0.104. The first kappa shape index (κ1) is 7.88. The number of thiol groups is 1. The van der Waals surface area contributed by atoms with E-state index in [1.807, 2.05) is 0 Å². The Morgan fingerprint density at radius 1 is 1.30 bits per heavy atom. The van der Waals surface area contributed by atoms with Crippen molar-refractivity contribution in [3.8, 4) is 0 Å². The Bertz CT molecular complexity index is 132. The molecule has 1 fully saturated rings. The van der Waals surface area contributed by atoms with Gasteiger partial charge in [-0.05, 0) is 7.05 Å². The van der Waals surface area contributed by atoms with Gasteiger partial charge in [0.05, 0.1) is 0 Å². The van der Waals surface area contributed by atoms with Crippen LogP contribution in [0.4, 0.5) is 4.79 Å². The van der Waals surface area contributed by atoms with Gasteiger partial charge < -0.3 is 9.80 Å². The Kier molecular flexibility index (Phi) is 2.56. The van der Waals surface area contributed by atoms with Gasteiger partial charge in [-0.25, -0.2) is 0 Å². The van der Waals surface area contributed by atoms with Crippen LogP contribution in [-0.4, -0.2) is 48.3 Å². The van der Waals surface area contributed by atoms with Crippen LogP contribution >= 0.6 is 12.6 Å². The maximum absolute atomic E-state index is 10.7. The molecule has 0 radical (unpaired) electrons. The number of carbonyl (C=O) groups excluding carboxylic acids is 1. The summed E-state index contributed by atoms with van der Waals surface area (Å²) in [6, 6.07) is 0. The van der Waals surface area contributed by atoms with E-state index in [1.165, 1.54) is 0 Å². The number of carbonyl (C=O) groups is 1. The highest BCUT2D eigenvalue weighted by molar-refractivity contribution is 7.96. The van der Waals surface area contributed by atoms with E-state index in [1.54, 1.807) is 4.90 Å². The predicted octanol–water partition coefficient (Wildman–Crippen LogP) is 0.284. The Hall–Kier alpha value is -0.220. The highest BCUT2D eigenvalue weighted by Gasteiger charge is 2.15. The lowest BCUT2D eigenvalue weighted by atomic mass is 10.4. The van der Waals surface area contributed by atoms with Gasteiger partial charge in [-0.15, -0.1) is 0 Å². The average molecular weight is 160 g/mol. The second kappa shape index (κ2) is 3.25. The summed E-state index contributed by atoms with van der Waals surface area (Å²) in [5, 5.41) is -0.104. The summed E-state index contributed by atoms with van der Waals surface area (Å²) in [5.74, 6) is 0. The van der Waals surface area contributed by atoms with Crippen molar-refractivity contribution in [2.24, 2.45) is 0 Å². The molecule has 0 bridgehead atoms. The standard InChI is InChI=1S/C6H12N2OS/c1-7-2-4-8(5-3-7)6(9)10/h2-5H2,1H3,(H,9,10). The van der Waals surface area contributed by atoms with Crippen LogP contribution in [-0.2, 0) is 0 Å². The maximum atomic E-state index is 10.7. The van der Waals surface area contributed by atoms with Gasteiger partial charge in [0.25, 0.3) is 5.24 Å². The molecule has 1 amide bonds. The first-order valence-electron chi connectivity index (χ1n) is 3.36. The minimum absolute atomic E-state index is 0.104. The van der Waals surface area contributed by atoms with Crippen LogP contribution < -0.4 is 0 Å². The monoisotopic (exact) mass is 160 g/mol. The molecule has 0 N–H and O–H groups in total. The Labute approximate surface area is 66.4 Å². The average Bonchev–Trinajstić information content (AvgIpc) is 1.88. The van der Waals surface area contributed by atoms with Gasteiger partial charge in [-0.1, -0.05) is 12.6 Å².